The molecule has 2 saturated heterocycles. The highest BCUT2D eigenvalue weighted by Gasteiger charge is 2.67. The summed E-state index contributed by atoms with van der Waals surface area (Å²) >= 11 is 5.65. The second-order valence-electron chi connectivity index (χ2n) is 5.76. The number of aliphatic carboxylic acids is 1. The third-order valence-electron chi connectivity index (χ3n) is 4.60. The number of halogens is 2. The van der Waals surface area contributed by atoms with E-state index in [2.05, 4.69) is 0 Å². The first-order chi connectivity index (χ1) is 10.4. The van der Waals surface area contributed by atoms with Gasteiger partial charge in [0.1, 0.15) is 17.3 Å². The van der Waals surface area contributed by atoms with Crippen molar-refractivity contribution in [2.45, 2.75) is 11.7 Å². The minimum Gasteiger partial charge on any atom is -0.481 e. The molecule has 3 heterocycles. The number of benzene rings is 1. The zero-order valence-electron chi connectivity index (χ0n) is 11.2. The Labute approximate surface area is 129 Å². The minimum absolute atomic E-state index is 0.0331. The lowest BCUT2D eigenvalue weighted by molar-refractivity contribution is -0.146. The Balaban J connectivity index is 1.74. The summed E-state index contributed by atoms with van der Waals surface area (Å²) in [7, 11) is 0. The van der Waals surface area contributed by atoms with E-state index >= 15 is 0 Å². The van der Waals surface area contributed by atoms with Gasteiger partial charge in [-0.1, -0.05) is 23.8 Å². The molecule has 5 nitrogen and oxygen atoms in total. The van der Waals surface area contributed by atoms with Crippen LogP contribution in [-0.2, 0) is 14.3 Å². The van der Waals surface area contributed by atoms with E-state index in [9.17, 15) is 19.1 Å². The van der Waals surface area contributed by atoms with E-state index in [0.717, 1.165) is 0 Å². The van der Waals surface area contributed by atoms with Crippen LogP contribution < -0.4 is 4.90 Å². The molecule has 0 radical (unpaired) electrons. The van der Waals surface area contributed by atoms with Crippen molar-refractivity contribution in [2.24, 2.45) is 11.8 Å². The van der Waals surface area contributed by atoms with Crippen LogP contribution in [0.4, 0.5) is 10.1 Å². The number of hydrogen-bond donors (Lipinski definition) is 1. The van der Waals surface area contributed by atoms with Crippen molar-refractivity contribution in [3.63, 3.8) is 0 Å². The van der Waals surface area contributed by atoms with Crippen LogP contribution in [0, 0.1) is 17.7 Å². The molecule has 1 aromatic rings. The summed E-state index contributed by atoms with van der Waals surface area (Å²) in [6, 6.07) is 4.07. The second kappa shape index (κ2) is 4.30. The molecule has 2 fully saturated rings. The first-order valence-corrected chi connectivity index (χ1v) is 7.17. The van der Waals surface area contributed by atoms with Crippen molar-refractivity contribution in [2.75, 3.05) is 11.4 Å². The highest BCUT2D eigenvalue weighted by molar-refractivity contribution is 6.30. The molecule has 1 spiro atoms. The smallest absolute Gasteiger partial charge is 0.310 e. The molecule has 0 aliphatic carbocycles. The van der Waals surface area contributed by atoms with Gasteiger partial charge in [-0.3, -0.25) is 9.59 Å². The van der Waals surface area contributed by atoms with Crippen LogP contribution in [0.25, 0.3) is 0 Å². The van der Waals surface area contributed by atoms with Crippen LogP contribution in [0.3, 0.4) is 0 Å². The molecule has 4 atom stereocenters. The summed E-state index contributed by atoms with van der Waals surface area (Å²) < 4.78 is 19.4. The van der Waals surface area contributed by atoms with Gasteiger partial charge in [0.2, 0.25) is 5.91 Å². The molecule has 0 unspecified atom stereocenters. The number of amides is 1. The zero-order valence-corrected chi connectivity index (χ0v) is 12.0. The Bertz CT molecular complexity index is 736. The summed E-state index contributed by atoms with van der Waals surface area (Å²) in [5, 5.41) is 9.34. The van der Waals surface area contributed by atoms with Crippen molar-refractivity contribution >= 4 is 29.2 Å². The molecule has 114 valence electrons. The fraction of sp³-hybridized carbons (Fsp3) is 0.333. The Kier molecular flexibility index (Phi) is 2.68. The zero-order chi connectivity index (χ0) is 15.6. The van der Waals surface area contributed by atoms with Gasteiger partial charge in [0, 0.05) is 5.69 Å². The molecular formula is C15H11ClFNO4. The number of rotatable bonds is 2. The largest absolute Gasteiger partial charge is 0.481 e. The Morgan fingerprint density at radius 1 is 1.50 bits per heavy atom. The lowest BCUT2D eigenvalue weighted by Crippen LogP contribution is -2.39. The van der Waals surface area contributed by atoms with Crippen LogP contribution in [0.1, 0.15) is 0 Å². The Hall–Kier alpha value is -1.92. The van der Waals surface area contributed by atoms with Crippen LogP contribution in [0.15, 0.2) is 30.4 Å². The van der Waals surface area contributed by atoms with E-state index < -0.39 is 35.3 Å². The number of carbonyl (C=O) groups excluding carboxylic acids is 1. The molecule has 22 heavy (non-hydrogen) atoms. The number of fused-ring (bicyclic) bond motifs is 1. The van der Waals surface area contributed by atoms with E-state index in [1.54, 1.807) is 12.2 Å². The third-order valence-corrected chi connectivity index (χ3v) is 4.91. The highest BCUT2D eigenvalue weighted by atomic mass is 35.5. The first-order valence-electron chi connectivity index (χ1n) is 6.79. The van der Waals surface area contributed by atoms with Crippen LogP contribution in [0.2, 0.25) is 5.02 Å². The number of ether oxygens (including phenoxy) is 1. The van der Waals surface area contributed by atoms with Crippen molar-refractivity contribution < 1.29 is 23.8 Å². The highest BCUT2D eigenvalue weighted by Crippen LogP contribution is 2.52. The lowest BCUT2D eigenvalue weighted by Gasteiger charge is -2.21. The molecule has 2 bridgehead atoms. The lowest BCUT2D eigenvalue weighted by atomic mass is 9.77. The van der Waals surface area contributed by atoms with Crippen LogP contribution >= 0.6 is 11.6 Å². The average molecular weight is 324 g/mol. The fourth-order valence-electron chi connectivity index (χ4n) is 3.65. The second-order valence-corrected chi connectivity index (χ2v) is 6.17. The van der Waals surface area contributed by atoms with Crippen molar-refractivity contribution in [1.82, 2.24) is 0 Å². The fourth-order valence-corrected chi connectivity index (χ4v) is 3.77. The van der Waals surface area contributed by atoms with Crippen molar-refractivity contribution in [3.8, 4) is 0 Å². The molecular weight excluding hydrogens is 313 g/mol. The summed E-state index contributed by atoms with van der Waals surface area (Å²) in [6.45, 7) is 0.175. The molecule has 0 saturated carbocycles. The van der Waals surface area contributed by atoms with Gasteiger partial charge in [-0.15, -0.1) is 0 Å². The van der Waals surface area contributed by atoms with Gasteiger partial charge in [-0.05, 0) is 18.2 Å². The van der Waals surface area contributed by atoms with E-state index in [1.165, 1.54) is 23.1 Å². The standard InChI is InChI=1S/C15H11ClFNO4/c16-8-2-1-7(5-9(8)17)18-6-15-4-3-10(22-15)11(14(20)21)12(15)13(18)19/h1-5,10-12H,6H2,(H,20,21)/t10-,11-,12-,15+/m1/s1. The summed E-state index contributed by atoms with van der Waals surface area (Å²) in [4.78, 5) is 25.5. The monoisotopic (exact) mass is 323 g/mol. The molecule has 4 rings (SSSR count). The molecule has 0 aromatic heterocycles. The molecule has 7 heteroatoms. The average Bonchev–Trinajstić information content (AvgIpc) is 3.10. The molecule has 1 N–H and O–H groups in total. The predicted octanol–water partition coefficient (Wildman–Crippen LogP) is 1.85. The molecule has 1 amide bonds. The van der Waals surface area contributed by atoms with Gasteiger partial charge in [0.05, 0.1) is 23.6 Å². The van der Waals surface area contributed by atoms with Crippen molar-refractivity contribution in [1.29, 1.82) is 0 Å². The Morgan fingerprint density at radius 2 is 2.27 bits per heavy atom. The third kappa shape index (κ3) is 1.62. The van der Waals surface area contributed by atoms with Gasteiger partial charge in [0.25, 0.3) is 0 Å². The maximum absolute atomic E-state index is 13.6. The van der Waals surface area contributed by atoms with Gasteiger partial charge in [-0.2, -0.15) is 0 Å². The van der Waals surface area contributed by atoms with E-state index in [-0.39, 0.29) is 17.5 Å². The SMILES string of the molecule is O=C(O)[C@@H]1[C@H]2C=C[C@@]3(CN(c4ccc(Cl)c(F)c4)C(=O)[C@@H]13)O2. The number of carboxylic acids is 1. The van der Waals surface area contributed by atoms with Crippen LogP contribution in [-0.4, -0.2) is 35.2 Å². The maximum Gasteiger partial charge on any atom is 0.310 e. The molecule has 3 aliphatic rings. The quantitative estimate of drug-likeness (QED) is 0.844. The number of nitrogens with zero attached hydrogens (tertiary/aromatic N) is 1. The summed E-state index contributed by atoms with van der Waals surface area (Å²) in [5.41, 5.74) is -0.582. The van der Waals surface area contributed by atoms with Crippen LogP contribution in [0.5, 0.6) is 0 Å². The van der Waals surface area contributed by atoms with Gasteiger partial charge in [-0.25, -0.2) is 4.39 Å². The predicted molar refractivity (Wildman–Crippen MR) is 75.1 cm³/mol. The first kappa shape index (κ1) is 13.7. The number of carboxylic acid groups (broad SMARTS) is 1. The van der Waals surface area contributed by atoms with Crippen molar-refractivity contribution in [3.05, 3.63) is 41.2 Å². The van der Waals surface area contributed by atoms with E-state index in [0.29, 0.717) is 5.69 Å². The minimum atomic E-state index is -1.06. The topological polar surface area (TPSA) is 66.8 Å². The normalized spacial score (nSPS) is 35.3. The number of hydrogen-bond acceptors (Lipinski definition) is 3. The molecule has 3 aliphatic heterocycles. The van der Waals surface area contributed by atoms with E-state index in [4.69, 9.17) is 16.3 Å². The van der Waals surface area contributed by atoms with Gasteiger partial charge >= 0.3 is 5.97 Å². The van der Waals surface area contributed by atoms with Gasteiger partial charge in [0.15, 0.2) is 0 Å². The number of anilines is 1. The van der Waals surface area contributed by atoms with E-state index in [1.807, 2.05) is 0 Å². The maximum atomic E-state index is 13.6. The summed E-state index contributed by atoms with van der Waals surface area (Å²) in [5.74, 6) is -3.73. The molecule has 1 aromatic carbocycles. The summed E-state index contributed by atoms with van der Waals surface area (Å²) in [6.07, 6.45) is 2.87. The number of carbonyl (C=O) groups is 2. The van der Waals surface area contributed by atoms with Gasteiger partial charge < -0.3 is 14.7 Å². The Morgan fingerprint density at radius 3 is 2.95 bits per heavy atom.